The first-order chi connectivity index (χ1) is 11.1. The van der Waals surface area contributed by atoms with Gasteiger partial charge < -0.3 is 5.32 Å². The molecular formula is C22H25N. The van der Waals surface area contributed by atoms with Crippen molar-refractivity contribution in [2.75, 3.05) is 6.54 Å². The van der Waals surface area contributed by atoms with Gasteiger partial charge in [0.25, 0.3) is 0 Å². The fourth-order valence-electron chi connectivity index (χ4n) is 3.29. The topological polar surface area (TPSA) is 12.0 Å². The first kappa shape index (κ1) is 15.8. The molecule has 0 unspecified atom stereocenters. The van der Waals surface area contributed by atoms with Gasteiger partial charge in [0.05, 0.1) is 0 Å². The second kappa shape index (κ2) is 6.97. The Balaban J connectivity index is 1.68. The summed E-state index contributed by atoms with van der Waals surface area (Å²) in [4.78, 5) is 0. The third-order valence-corrected chi connectivity index (χ3v) is 4.63. The van der Waals surface area contributed by atoms with Gasteiger partial charge in [0.2, 0.25) is 0 Å². The number of rotatable bonds is 5. The van der Waals surface area contributed by atoms with Crippen molar-refractivity contribution < 1.29 is 0 Å². The van der Waals surface area contributed by atoms with Gasteiger partial charge in [-0.25, -0.2) is 0 Å². The zero-order valence-electron chi connectivity index (χ0n) is 14.3. The molecule has 0 aromatic heterocycles. The molecule has 1 atom stereocenters. The van der Waals surface area contributed by atoms with E-state index < -0.39 is 0 Å². The van der Waals surface area contributed by atoms with Crippen molar-refractivity contribution in [1.82, 2.24) is 5.32 Å². The standard InChI is InChI=1S/C22H25N/c1-16-11-12-19(17(2)15-16)13-14-23-18(3)21-10-6-8-20-7-4-5-9-22(20)21/h4-12,15,18,23H,13-14H2,1-3H3/t18-/m0/s1. The maximum Gasteiger partial charge on any atom is 0.0298 e. The van der Waals surface area contributed by atoms with Crippen molar-refractivity contribution >= 4 is 10.8 Å². The molecule has 0 aliphatic heterocycles. The molecule has 3 rings (SSSR count). The van der Waals surface area contributed by atoms with E-state index >= 15 is 0 Å². The maximum absolute atomic E-state index is 3.68. The van der Waals surface area contributed by atoms with Gasteiger partial charge in [-0.15, -0.1) is 0 Å². The van der Waals surface area contributed by atoms with E-state index in [2.05, 4.69) is 86.8 Å². The van der Waals surface area contributed by atoms with Crippen molar-refractivity contribution in [3.05, 3.63) is 82.9 Å². The summed E-state index contributed by atoms with van der Waals surface area (Å²) in [5.74, 6) is 0. The number of aryl methyl sites for hydroxylation is 2. The van der Waals surface area contributed by atoms with E-state index in [9.17, 15) is 0 Å². The summed E-state index contributed by atoms with van der Waals surface area (Å²) < 4.78 is 0. The molecule has 0 heterocycles. The summed E-state index contributed by atoms with van der Waals surface area (Å²) in [6, 6.07) is 22.3. The molecule has 0 radical (unpaired) electrons. The van der Waals surface area contributed by atoms with Crippen LogP contribution in [-0.2, 0) is 6.42 Å². The van der Waals surface area contributed by atoms with Crippen LogP contribution in [0.25, 0.3) is 10.8 Å². The van der Waals surface area contributed by atoms with Crippen LogP contribution in [0.1, 0.15) is 35.2 Å². The smallest absolute Gasteiger partial charge is 0.0298 e. The third kappa shape index (κ3) is 3.62. The molecule has 0 spiro atoms. The van der Waals surface area contributed by atoms with Crippen LogP contribution in [-0.4, -0.2) is 6.54 Å². The predicted molar refractivity (Wildman–Crippen MR) is 100.0 cm³/mol. The minimum Gasteiger partial charge on any atom is -0.310 e. The molecule has 0 bridgehead atoms. The molecule has 1 heteroatoms. The van der Waals surface area contributed by atoms with Crippen molar-refractivity contribution in [2.45, 2.75) is 33.2 Å². The van der Waals surface area contributed by atoms with Gasteiger partial charge in [0.15, 0.2) is 0 Å². The van der Waals surface area contributed by atoms with Crippen LogP contribution in [0.15, 0.2) is 60.7 Å². The fourth-order valence-corrected chi connectivity index (χ4v) is 3.29. The van der Waals surface area contributed by atoms with E-state index in [0.717, 1.165) is 13.0 Å². The molecule has 1 nitrogen and oxygen atoms in total. The highest BCUT2D eigenvalue weighted by molar-refractivity contribution is 5.86. The first-order valence-corrected chi connectivity index (χ1v) is 8.42. The molecule has 0 amide bonds. The second-order valence-electron chi connectivity index (χ2n) is 6.42. The molecule has 23 heavy (non-hydrogen) atoms. The number of hydrogen-bond donors (Lipinski definition) is 1. The van der Waals surface area contributed by atoms with E-state index in [1.807, 2.05) is 0 Å². The van der Waals surface area contributed by atoms with Crippen LogP contribution < -0.4 is 5.32 Å². The van der Waals surface area contributed by atoms with Crippen LogP contribution in [0.2, 0.25) is 0 Å². The molecule has 0 aliphatic rings. The molecule has 0 saturated carbocycles. The Hall–Kier alpha value is -2.12. The minimum absolute atomic E-state index is 0.354. The lowest BCUT2D eigenvalue weighted by Crippen LogP contribution is -2.21. The molecule has 118 valence electrons. The normalized spacial score (nSPS) is 12.5. The lowest BCUT2D eigenvalue weighted by atomic mass is 9.99. The van der Waals surface area contributed by atoms with Gasteiger partial charge in [0.1, 0.15) is 0 Å². The Kier molecular flexibility index (Phi) is 4.78. The Labute approximate surface area is 139 Å². The highest BCUT2D eigenvalue weighted by Gasteiger charge is 2.08. The molecule has 1 N–H and O–H groups in total. The largest absolute Gasteiger partial charge is 0.310 e. The van der Waals surface area contributed by atoms with Gasteiger partial charge in [-0.3, -0.25) is 0 Å². The Morgan fingerprint density at radius 2 is 1.70 bits per heavy atom. The summed E-state index contributed by atoms with van der Waals surface area (Å²) in [6.07, 6.45) is 1.07. The SMILES string of the molecule is Cc1ccc(CCN[C@@H](C)c2cccc3ccccc23)c(C)c1. The average Bonchev–Trinajstić information content (AvgIpc) is 2.56. The van der Waals surface area contributed by atoms with Gasteiger partial charge in [-0.2, -0.15) is 0 Å². The molecular weight excluding hydrogens is 278 g/mol. The highest BCUT2D eigenvalue weighted by Crippen LogP contribution is 2.24. The molecule has 0 aliphatic carbocycles. The molecule has 3 aromatic rings. The van der Waals surface area contributed by atoms with Gasteiger partial charge in [-0.1, -0.05) is 66.2 Å². The summed E-state index contributed by atoms with van der Waals surface area (Å²) in [6.45, 7) is 7.60. The van der Waals surface area contributed by atoms with Crippen LogP contribution >= 0.6 is 0 Å². The highest BCUT2D eigenvalue weighted by atomic mass is 14.9. The molecule has 0 fully saturated rings. The van der Waals surface area contributed by atoms with E-state index in [4.69, 9.17) is 0 Å². The van der Waals surface area contributed by atoms with E-state index in [1.165, 1.54) is 33.0 Å². The van der Waals surface area contributed by atoms with Gasteiger partial charge in [-0.05, 0) is 61.2 Å². The van der Waals surface area contributed by atoms with E-state index in [0.29, 0.717) is 6.04 Å². The molecule has 0 saturated heterocycles. The summed E-state index contributed by atoms with van der Waals surface area (Å²) >= 11 is 0. The lowest BCUT2D eigenvalue weighted by molar-refractivity contribution is 0.579. The number of benzene rings is 3. The Morgan fingerprint density at radius 3 is 2.52 bits per heavy atom. The van der Waals surface area contributed by atoms with Crippen LogP contribution in [0.4, 0.5) is 0 Å². The first-order valence-electron chi connectivity index (χ1n) is 8.42. The lowest BCUT2D eigenvalue weighted by Gasteiger charge is -2.17. The summed E-state index contributed by atoms with van der Waals surface area (Å²) in [7, 11) is 0. The Bertz CT molecular complexity index is 799. The van der Waals surface area contributed by atoms with Gasteiger partial charge >= 0.3 is 0 Å². The van der Waals surface area contributed by atoms with Gasteiger partial charge in [0, 0.05) is 6.04 Å². The minimum atomic E-state index is 0.354. The number of nitrogens with one attached hydrogen (secondary N) is 1. The molecule has 3 aromatic carbocycles. The van der Waals surface area contributed by atoms with Crippen LogP contribution in [0.3, 0.4) is 0 Å². The predicted octanol–water partition coefficient (Wildman–Crippen LogP) is 5.35. The van der Waals surface area contributed by atoms with Crippen molar-refractivity contribution in [1.29, 1.82) is 0 Å². The van der Waals surface area contributed by atoms with E-state index in [-0.39, 0.29) is 0 Å². The maximum atomic E-state index is 3.68. The van der Waals surface area contributed by atoms with Crippen LogP contribution in [0, 0.1) is 13.8 Å². The van der Waals surface area contributed by atoms with Crippen molar-refractivity contribution in [2.24, 2.45) is 0 Å². The second-order valence-corrected chi connectivity index (χ2v) is 6.42. The third-order valence-electron chi connectivity index (χ3n) is 4.63. The van der Waals surface area contributed by atoms with E-state index in [1.54, 1.807) is 0 Å². The fraction of sp³-hybridized carbons (Fsp3) is 0.273. The van der Waals surface area contributed by atoms with Crippen molar-refractivity contribution in [3.8, 4) is 0 Å². The summed E-state index contributed by atoms with van der Waals surface area (Å²) in [5.41, 5.74) is 5.55. The van der Waals surface area contributed by atoms with Crippen molar-refractivity contribution in [3.63, 3.8) is 0 Å². The average molecular weight is 303 g/mol. The number of hydrogen-bond acceptors (Lipinski definition) is 1. The summed E-state index contributed by atoms with van der Waals surface area (Å²) in [5, 5.41) is 6.34. The van der Waals surface area contributed by atoms with Crippen LogP contribution in [0.5, 0.6) is 0 Å². The quantitative estimate of drug-likeness (QED) is 0.670. The monoisotopic (exact) mass is 303 g/mol. The zero-order valence-corrected chi connectivity index (χ0v) is 14.3. The Morgan fingerprint density at radius 1 is 0.913 bits per heavy atom. The zero-order chi connectivity index (χ0) is 16.2. The number of fused-ring (bicyclic) bond motifs is 1.